The molecule has 1 aliphatic carbocycles. The molecule has 1 heterocycles. The first-order valence-electron chi connectivity index (χ1n) is 11.0. The van der Waals surface area contributed by atoms with Crippen molar-refractivity contribution in [1.82, 2.24) is 15.8 Å². The topological polar surface area (TPSA) is 109 Å². The van der Waals surface area contributed by atoms with Crippen LogP contribution in [0, 0.1) is 0 Å². The fourth-order valence-electron chi connectivity index (χ4n) is 3.75. The summed E-state index contributed by atoms with van der Waals surface area (Å²) in [5.41, 5.74) is 1.80. The number of aliphatic hydroxyl groups is 1. The lowest BCUT2D eigenvalue weighted by Gasteiger charge is -2.22. The smallest absolute Gasteiger partial charge is 0.319 e. The Bertz CT molecular complexity index is 830. The maximum atomic E-state index is 12.5. The molecule has 30 heavy (non-hydrogen) atoms. The number of benzene rings is 1. The molecular formula is C22H34N4O4. The molecule has 8 heteroatoms. The van der Waals surface area contributed by atoms with Crippen LogP contribution in [0.15, 0.2) is 16.7 Å². The molecule has 4 N–H and O–H groups in total. The molecule has 166 valence electrons. The number of amides is 2. The molecule has 1 unspecified atom stereocenters. The number of carbonyl (C=O) groups excluding carboxylic acids is 1. The van der Waals surface area contributed by atoms with Crippen molar-refractivity contribution in [1.29, 1.82) is 0 Å². The van der Waals surface area contributed by atoms with E-state index in [9.17, 15) is 9.90 Å². The van der Waals surface area contributed by atoms with E-state index in [4.69, 9.17) is 9.26 Å². The maximum absolute atomic E-state index is 12.5. The van der Waals surface area contributed by atoms with Crippen LogP contribution in [0.1, 0.15) is 58.6 Å². The molecular weight excluding hydrogens is 384 g/mol. The number of urea groups is 1. The first kappa shape index (κ1) is 22.4. The first-order chi connectivity index (χ1) is 14.5. The highest BCUT2D eigenvalue weighted by Gasteiger charge is 2.20. The normalized spacial score (nSPS) is 16.0. The average Bonchev–Trinajstić information content (AvgIpc) is 3.17. The van der Waals surface area contributed by atoms with E-state index in [-0.39, 0.29) is 18.7 Å². The van der Waals surface area contributed by atoms with Gasteiger partial charge in [-0.1, -0.05) is 45.2 Å². The number of ether oxygens (including phenoxy) is 1. The van der Waals surface area contributed by atoms with Gasteiger partial charge in [0.1, 0.15) is 18.5 Å². The van der Waals surface area contributed by atoms with Crippen LogP contribution in [0.5, 0.6) is 5.75 Å². The number of anilines is 1. The Morgan fingerprint density at radius 1 is 1.30 bits per heavy atom. The molecule has 2 amide bonds. The summed E-state index contributed by atoms with van der Waals surface area (Å²) in [5.74, 6) is 0.588. The molecule has 0 saturated heterocycles. The Morgan fingerprint density at radius 2 is 2.07 bits per heavy atom. The maximum Gasteiger partial charge on any atom is 0.319 e. The molecule has 1 aromatic heterocycles. The Balaban J connectivity index is 1.70. The van der Waals surface area contributed by atoms with Gasteiger partial charge in [-0.15, -0.1) is 0 Å². The highest BCUT2D eigenvalue weighted by Crippen LogP contribution is 2.35. The van der Waals surface area contributed by atoms with Gasteiger partial charge in [-0.05, 0) is 31.4 Å². The van der Waals surface area contributed by atoms with Crippen molar-refractivity contribution in [3.8, 4) is 5.75 Å². The number of hydrogen-bond acceptors (Lipinski definition) is 6. The number of aryl methyl sites for hydroxylation is 1. The third-order valence-electron chi connectivity index (χ3n) is 5.37. The standard InChI is InChI=1S/C22H34N4O4/c1-4-17-20-19(29-13-16(27)12-23-14(2)3)11-10-18(21(20)30-26-17)25-22(28)24-15-8-6-5-7-9-15/h10-11,14-16,23,27H,4-9,12-13H2,1-3H3,(H2,24,25,28). The van der Waals surface area contributed by atoms with E-state index in [0.717, 1.165) is 36.8 Å². The van der Waals surface area contributed by atoms with Crippen molar-refractivity contribution in [3.05, 3.63) is 17.8 Å². The molecule has 0 radical (unpaired) electrons. The largest absolute Gasteiger partial charge is 0.490 e. The third-order valence-corrected chi connectivity index (χ3v) is 5.37. The van der Waals surface area contributed by atoms with E-state index in [1.165, 1.54) is 6.42 Å². The summed E-state index contributed by atoms with van der Waals surface area (Å²) in [6.07, 6.45) is 5.62. The fraction of sp³-hybridized carbons (Fsp3) is 0.636. The van der Waals surface area contributed by atoms with Crippen molar-refractivity contribution in [3.63, 3.8) is 0 Å². The van der Waals surface area contributed by atoms with Crippen molar-refractivity contribution in [2.24, 2.45) is 0 Å². The molecule has 0 spiro atoms. The number of rotatable bonds is 9. The molecule has 3 rings (SSSR count). The van der Waals surface area contributed by atoms with E-state index in [1.807, 2.05) is 20.8 Å². The van der Waals surface area contributed by atoms with Gasteiger partial charge in [0.25, 0.3) is 0 Å². The lowest BCUT2D eigenvalue weighted by atomic mass is 9.96. The Labute approximate surface area is 177 Å². The zero-order chi connectivity index (χ0) is 21.5. The van der Waals surface area contributed by atoms with Crippen molar-refractivity contribution >= 4 is 22.7 Å². The first-order valence-corrected chi connectivity index (χ1v) is 11.0. The molecule has 0 bridgehead atoms. The van der Waals surface area contributed by atoms with Crippen LogP contribution in [-0.2, 0) is 6.42 Å². The van der Waals surface area contributed by atoms with E-state index in [1.54, 1.807) is 12.1 Å². The quantitative estimate of drug-likeness (QED) is 0.496. The highest BCUT2D eigenvalue weighted by atomic mass is 16.5. The van der Waals surface area contributed by atoms with Gasteiger partial charge in [0.15, 0.2) is 5.58 Å². The number of aromatic nitrogens is 1. The summed E-state index contributed by atoms with van der Waals surface area (Å²) in [4.78, 5) is 12.5. The van der Waals surface area contributed by atoms with Crippen LogP contribution in [0.4, 0.5) is 10.5 Å². The molecule has 1 saturated carbocycles. The summed E-state index contributed by atoms with van der Waals surface area (Å²) < 4.78 is 11.4. The fourth-order valence-corrected chi connectivity index (χ4v) is 3.75. The van der Waals surface area contributed by atoms with Gasteiger partial charge in [-0.3, -0.25) is 0 Å². The van der Waals surface area contributed by atoms with E-state index >= 15 is 0 Å². The average molecular weight is 419 g/mol. The van der Waals surface area contributed by atoms with Crippen LogP contribution in [0.3, 0.4) is 0 Å². The van der Waals surface area contributed by atoms with Gasteiger partial charge < -0.3 is 30.3 Å². The lowest BCUT2D eigenvalue weighted by Crippen LogP contribution is -2.39. The summed E-state index contributed by atoms with van der Waals surface area (Å²) in [6, 6.07) is 3.82. The number of hydrogen-bond donors (Lipinski definition) is 4. The van der Waals surface area contributed by atoms with Gasteiger partial charge in [-0.2, -0.15) is 0 Å². The molecule has 1 atom stereocenters. The van der Waals surface area contributed by atoms with Crippen molar-refractivity contribution < 1.29 is 19.2 Å². The lowest BCUT2D eigenvalue weighted by molar-refractivity contribution is 0.105. The summed E-state index contributed by atoms with van der Waals surface area (Å²) in [5, 5.41) is 24.2. The predicted molar refractivity (Wildman–Crippen MR) is 117 cm³/mol. The van der Waals surface area contributed by atoms with Crippen LogP contribution in [-0.4, -0.2) is 47.6 Å². The Kier molecular flexibility index (Phi) is 7.93. The zero-order valence-corrected chi connectivity index (χ0v) is 18.2. The van der Waals surface area contributed by atoms with E-state index in [0.29, 0.717) is 36.0 Å². The van der Waals surface area contributed by atoms with Gasteiger partial charge in [0, 0.05) is 18.6 Å². The van der Waals surface area contributed by atoms with Gasteiger partial charge in [0.2, 0.25) is 0 Å². The van der Waals surface area contributed by atoms with Crippen molar-refractivity contribution in [2.45, 2.75) is 77.5 Å². The van der Waals surface area contributed by atoms with E-state index < -0.39 is 6.10 Å². The molecule has 0 aliphatic heterocycles. The highest BCUT2D eigenvalue weighted by molar-refractivity contribution is 6.01. The molecule has 1 aliphatic rings. The molecule has 1 aromatic carbocycles. The number of aliphatic hydroxyl groups excluding tert-OH is 1. The van der Waals surface area contributed by atoms with Crippen LogP contribution >= 0.6 is 0 Å². The van der Waals surface area contributed by atoms with Gasteiger partial charge >= 0.3 is 6.03 Å². The summed E-state index contributed by atoms with van der Waals surface area (Å²) in [6.45, 7) is 6.64. The van der Waals surface area contributed by atoms with Gasteiger partial charge in [0.05, 0.1) is 16.8 Å². The Morgan fingerprint density at radius 3 is 2.77 bits per heavy atom. The third kappa shape index (κ3) is 5.86. The second-order valence-electron chi connectivity index (χ2n) is 8.26. The van der Waals surface area contributed by atoms with Crippen LogP contribution < -0.4 is 20.7 Å². The summed E-state index contributed by atoms with van der Waals surface area (Å²) >= 11 is 0. The van der Waals surface area contributed by atoms with Crippen LogP contribution in [0.25, 0.3) is 11.0 Å². The van der Waals surface area contributed by atoms with Crippen LogP contribution in [0.2, 0.25) is 0 Å². The Hall–Kier alpha value is -2.32. The minimum absolute atomic E-state index is 0.151. The monoisotopic (exact) mass is 418 g/mol. The SMILES string of the molecule is CCc1noc2c(NC(=O)NC3CCCCC3)ccc(OCC(O)CNC(C)C)c12. The second-order valence-corrected chi connectivity index (χ2v) is 8.26. The molecule has 8 nitrogen and oxygen atoms in total. The van der Waals surface area contributed by atoms with Crippen molar-refractivity contribution in [2.75, 3.05) is 18.5 Å². The molecule has 2 aromatic rings. The zero-order valence-electron chi connectivity index (χ0n) is 18.2. The number of fused-ring (bicyclic) bond motifs is 1. The minimum Gasteiger partial charge on any atom is -0.490 e. The minimum atomic E-state index is -0.633. The predicted octanol–water partition coefficient (Wildman–Crippen LogP) is 3.58. The molecule has 1 fully saturated rings. The number of carbonyl (C=O) groups is 1. The summed E-state index contributed by atoms with van der Waals surface area (Å²) in [7, 11) is 0. The number of nitrogens with zero attached hydrogens (tertiary/aromatic N) is 1. The number of nitrogens with one attached hydrogen (secondary N) is 3. The van der Waals surface area contributed by atoms with E-state index in [2.05, 4.69) is 21.1 Å². The second kappa shape index (κ2) is 10.6. The van der Waals surface area contributed by atoms with Gasteiger partial charge in [-0.25, -0.2) is 4.79 Å².